The van der Waals surface area contributed by atoms with Gasteiger partial charge < -0.3 is 15.7 Å². The molecule has 0 atom stereocenters. The van der Waals surface area contributed by atoms with Crippen molar-refractivity contribution in [2.75, 3.05) is 6.54 Å². The Hall–Kier alpha value is -1.70. The van der Waals surface area contributed by atoms with E-state index >= 15 is 0 Å². The van der Waals surface area contributed by atoms with E-state index in [9.17, 15) is 9.59 Å². The number of hydrogen-bond donors (Lipinski definition) is 3. The number of carboxylic acid groups (broad SMARTS) is 1. The monoisotopic (exact) mass is 238 g/mol. The number of carbonyl (C=O) groups excluding carboxylic acids is 1. The molecule has 0 bridgehead atoms. The highest BCUT2D eigenvalue weighted by Gasteiger charge is 2.40. The van der Waals surface area contributed by atoms with Crippen molar-refractivity contribution in [1.82, 2.24) is 10.6 Å². The van der Waals surface area contributed by atoms with Gasteiger partial charge in [0.1, 0.15) is 0 Å². The minimum Gasteiger partial charge on any atom is -0.481 e. The van der Waals surface area contributed by atoms with Crippen LogP contribution in [0.3, 0.4) is 0 Å². The Bertz CT molecular complexity index is 329. The molecule has 1 aliphatic rings. The van der Waals surface area contributed by atoms with E-state index in [-0.39, 0.29) is 12.5 Å². The highest BCUT2D eigenvalue weighted by molar-refractivity contribution is 5.77. The first-order valence-corrected chi connectivity index (χ1v) is 5.79. The van der Waals surface area contributed by atoms with Crippen LogP contribution in [0.1, 0.15) is 38.5 Å². The van der Waals surface area contributed by atoms with E-state index in [2.05, 4.69) is 16.6 Å². The van der Waals surface area contributed by atoms with Crippen LogP contribution in [0, 0.1) is 12.3 Å². The van der Waals surface area contributed by atoms with Crippen molar-refractivity contribution in [2.24, 2.45) is 0 Å². The quantitative estimate of drug-likeness (QED) is 0.479. The molecule has 5 nitrogen and oxygen atoms in total. The molecule has 0 radical (unpaired) electrons. The van der Waals surface area contributed by atoms with Crippen LogP contribution in [-0.2, 0) is 4.79 Å². The van der Waals surface area contributed by atoms with Gasteiger partial charge in [-0.3, -0.25) is 4.79 Å². The minimum atomic E-state index is -0.877. The fourth-order valence-electron chi connectivity index (χ4n) is 1.92. The third-order valence-corrected chi connectivity index (χ3v) is 2.96. The number of terminal acetylenes is 1. The van der Waals surface area contributed by atoms with Gasteiger partial charge in [0.05, 0.1) is 12.0 Å². The van der Waals surface area contributed by atoms with E-state index in [0.29, 0.717) is 13.0 Å². The first-order valence-electron chi connectivity index (χ1n) is 5.79. The lowest BCUT2D eigenvalue weighted by Crippen LogP contribution is -2.57. The Morgan fingerprint density at radius 2 is 2.12 bits per heavy atom. The minimum absolute atomic E-state index is 0.00915. The maximum atomic E-state index is 11.5. The molecule has 0 aromatic rings. The third kappa shape index (κ3) is 4.35. The zero-order valence-corrected chi connectivity index (χ0v) is 9.79. The normalized spacial score (nSPS) is 16.4. The van der Waals surface area contributed by atoms with Gasteiger partial charge >= 0.3 is 12.0 Å². The lowest BCUT2D eigenvalue weighted by molar-refractivity contribution is -0.139. The van der Waals surface area contributed by atoms with Crippen LogP contribution < -0.4 is 10.6 Å². The van der Waals surface area contributed by atoms with E-state index in [1.807, 2.05) is 0 Å². The van der Waals surface area contributed by atoms with Crippen molar-refractivity contribution >= 4 is 12.0 Å². The van der Waals surface area contributed by atoms with E-state index in [1.165, 1.54) is 0 Å². The number of urea groups is 1. The van der Waals surface area contributed by atoms with Crippen LogP contribution in [0.2, 0.25) is 0 Å². The van der Waals surface area contributed by atoms with Crippen LogP contribution in [-0.4, -0.2) is 29.2 Å². The Labute approximate surface area is 101 Å². The summed E-state index contributed by atoms with van der Waals surface area (Å²) in [4.78, 5) is 22.2. The summed E-state index contributed by atoms with van der Waals surface area (Å²) in [6.45, 7) is 0.513. The topological polar surface area (TPSA) is 78.4 Å². The first kappa shape index (κ1) is 13.4. The molecule has 1 aliphatic carbocycles. The molecule has 5 heteroatoms. The summed E-state index contributed by atoms with van der Waals surface area (Å²) in [6, 6.07) is -0.303. The van der Waals surface area contributed by atoms with E-state index in [0.717, 1.165) is 25.7 Å². The van der Waals surface area contributed by atoms with Crippen LogP contribution in [0.15, 0.2) is 0 Å². The Kier molecular flexibility index (Phi) is 4.83. The molecular weight excluding hydrogens is 220 g/mol. The molecule has 0 aromatic heterocycles. The fourth-order valence-corrected chi connectivity index (χ4v) is 1.92. The number of carboxylic acids is 1. The van der Waals surface area contributed by atoms with Gasteiger partial charge in [0.2, 0.25) is 0 Å². The van der Waals surface area contributed by atoms with Gasteiger partial charge in [0.25, 0.3) is 0 Å². The summed E-state index contributed by atoms with van der Waals surface area (Å²) in [7, 11) is 0. The number of carbonyl (C=O) groups is 2. The van der Waals surface area contributed by atoms with E-state index in [1.54, 1.807) is 0 Å². The van der Waals surface area contributed by atoms with Crippen LogP contribution in [0.4, 0.5) is 4.79 Å². The molecule has 0 spiro atoms. The van der Waals surface area contributed by atoms with Crippen molar-refractivity contribution in [3.05, 3.63) is 0 Å². The second-order valence-corrected chi connectivity index (χ2v) is 4.39. The molecule has 0 aliphatic heterocycles. The maximum Gasteiger partial charge on any atom is 0.315 e. The molecule has 0 heterocycles. The average Bonchev–Trinajstić information content (AvgIpc) is 2.20. The molecule has 2 amide bonds. The van der Waals surface area contributed by atoms with Crippen LogP contribution in [0.25, 0.3) is 0 Å². The second kappa shape index (κ2) is 6.14. The molecule has 3 N–H and O–H groups in total. The van der Waals surface area contributed by atoms with Gasteiger partial charge in [0, 0.05) is 13.0 Å². The third-order valence-electron chi connectivity index (χ3n) is 2.96. The molecule has 0 saturated heterocycles. The van der Waals surface area contributed by atoms with Crippen molar-refractivity contribution in [3.8, 4) is 12.3 Å². The Balaban J connectivity index is 2.28. The Morgan fingerprint density at radius 3 is 2.59 bits per heavy atom. The Morgan fingerprint density at radius 1 is 1.41 bits per heavy atom. The number of unbranched alkanes of at least 4 members (excludes halogenated alkanes) is 1. The number of amides is 2. The van der Waals surface area contributed by atoms with Gasteiger partial charge in [-0.15, -0.1) is 12.3 Å². The van der Waals surface area contributed by atoms with Gasteiger partial charge in [-0.25, -0.2) is 4.79 Å². The zero-order valence-electron chi connectivity index (χ0n) is 9.79. The molecule has 1 fully saturated rings. The fraction of sp³-hybridized carbons (Fsp3) is 0.667. The first-order chi connectivity index (χ1) is 8.08. The summed E-state index contributed by atoms with van der Waals surface area (Å²) in [5.74, 6) is 1.61. The van der Waals surface area contributed by atoms with Gasteiger partial charge in [-0.1, -0.05) is 0 Å². The average molecular weight is 238 g/mol. The second-order valence-electron chi connectivity index (χ2n) is 4.39. The van der Waals surface area contributed by atoms with Gasteiger partial charge in [-0.2, -0.15) is 0 Å². The summed E-state index contributed by atoms with van der Waals surface area (Å²) < 4.78 is 0. The van der Waals surface area contributed by atoms with Crippen LogP contribution >= 0.6 is 0 Å². The van der Waals surface area contributed by atoms with E-state index in [4.69, 9.17) is 11.5 Å². The number of rotatable bonds is 6. The summed E-state index contributed by atoms with van der Waals surface area (Å²) >= 11 is 0. The summed E-state index contributed by atoms with van der Waals surface area (Å²) in [6.07, 6.45) is 8.87. The lowest BCUT2D eigenvalue weighted by atomic mass is 9.74. The summed E-state index contributed by atoms with van der Waals surface area (Å²) in [5, 5.41) is 14.2. The van der Waals surface area contributed by atoms with Crippen LogP contribution in [0.5, 0.6) is 0 Å². The van der Waals surface area contributed by atoms with Gasteiger partial charge in [0.15, 0.2) is 0 Å². The van der Waals surface area contributed by atoms with Crippen molar-refractivity contribution < 1.29 is 14.7 Å². The molecule has 94 valence electrons. The maximum absolute atomic E-state index is 11.5. The van der Waals surface area contributed by atoms with Crippen molar-refractivity contribution in [1.29, 1.82) is 0 Å². The standard InChI is InChI=1S/C12H18N2O3/c1-2-3-4-8-13-11(17)14-12(6-5-7-12)9-10(15)16/h1H,3-9H2,(H,15,16)(H2,13,14,17). The predicted molar refractivity (Wildman–Crippen MR) is 63.4 cm³/mol. The molecule has 1 rings (SSSR count). The lowest BCUT2D eigenvalue weighted by Gasteiger charge is -2.41. The largest absolute Gasteiger partial charge is 0.481 e. The number of hydrogen-bond acceptors (Lipinski definition) is 2. The zero-order chi connectivity index (χ0) is 12.7. The SMILES string of the molecule is C#CCCCNC(=O)NC1(CC(=O)O)CCC1. The number of aliphatic carboxylic acids is 1. The molecule has 0 aromatic carbocycles. The summed E-state index contributed by atoms with van der Waals surface area (Å²) in [5.41, 5.74) is -0.540. The number of nitrogens with one attached hydrogen (secondary N) is 2. The molecule has 1 saturated carbocycles. The highest BCUT2D eigenvalue weighted by Crippen LogP contribution is 2.34. The van der Waals surface area contributed by atoms with Crippen molar-refractivity contribution in [3.63, 3.8) is 0 Å². The molecule has 17 heavy (non-hydrogen) atoms. The van der Waals surface area contributed by atoms with Gasteiger partial charge in [-0.05, 0) is 25.7 Å². The smallest absolute Gasteiger partial charge is 0.315 e. The van der Waals surface area contributed by atoms with Crippen molar-refractivity contribution in [2.45, 2.75) is 44.1 Å². The molecular formula is C12H18N2O3. The highest BCUT2D eigenvalue weighted by atomic mass is 16.4. The predicted octanol–water partition coefficient (Wildman–Crippen LogP) is 1.10. The molecule has 0 unspecified atom stereocenters. The van der Waals surface area contributed by atoms with E-state index < -0.39 is 11.5 Å².